The van der Waals surface area contributed by atoms with Gasteiger partial charge in [0.05, 0.1) is 11.3 Å². The second-order valence-corrected chi connectivity index (χ2v) is 2.97. The fraction of sp³-hybridized carbons (Fsp3) is 0.200. The number of aliphatic imine (C=N–C) groups is 1. The van der Waals surface area contributed by atoms with Gasteiger partial charge in [-0.15, -0.1) is 0 Å². The van der Waals surface area contributed by atoms with Crippen molar-refractivity contribution in [3.8, 4) is 0 Å². The number of fused-ring (bicyclic) bond motifs is 1. The van der Waals surface area contributed by atoms with Crippen LogP contribution < -0.4 is 5.73 Å². The van der Waals surface area contributed by atoms with E-state index in [0.29, 0.717) is 6.54 Å². The first-order chi connectivity index (χ1) is 6.33. The molecule has 3 heteroatoms. The number of nitrogens with zero attached hydrogens (tertiary/aromatic N) is 1. The zero-order valence-electron chi connectivity index (χ0n) is 7.16. The first-order valence-electron chi connectivity index (χ1n) is 4.23. The lowest BCUT2D eigenvalue weighted by atomic mass is 9.98. The Kier molecular flexibility index (Phi) is 1.94. The highest BCUT2D eigenvalue weighted by molar-refractivity contribution is 6.14. The van der Waals surface area contributed by atoms with Gasteiger partial charge in [0, 0.05) is 6.21 Å². The molecule has 0 unspecified atom stereocenters. The van der Waals surface area contributed by atoms with Crippen molar-refractivity contribution in [2.45, 2.75) is 6.42 Å². The van der Waals surface area contributed by atoms with Crippen LogP contribution in [0.2, 0.25) is 0 Å². The predicted octanol–water partition coefficient (Wildman–Crippen LogP) is 0.739. The molecule has 13 heavy (non-hydrogen) atoms. The molecular formula is C10H10N2O. The number of nitrogens with two attached hydrogens (primary N) is 1. The van der Waals surface area contributed by atoms with Crippen molar-refractivity contribution in [2.75, 3.05) is 6.54 Å². The van der Waals surface area contributed by atoms with E-state index in [1.54, 1.807) is 18.4 Å². The van der Waals surface area contributed by atoms with E-state index in [4.69, 9.17) is 5.73 Å². The van der Waals surface area contributed by atoms with Crippen LogP contribution in [0.15, 0.2) is 40.1 Å². The summed E-state index contributed by atoms with van der Waals surface area (Å²) in [7, 11) is 0. The third kappa shape index (κ3) is 1.27. The van der Waals surface area contributed by atoms with Crippen LogP contribution in [-0.2, 0) is 4.79 Å². The molecule has 0 aromatic heterocycles. The minimum absolute atomic E-state index is 0.0402. The van der Waals surface area contributed by atoms with Gasteiger partial charge in [0.15, 0.2) is 5.78 Å². The first kappa shape index (κ1) is 8.13. The second kappa shape index (κ2) is 3.11. The van der Waals surface area contributed by atoms with Gasteiger partial charge in [-0.2, -0.15) is 0 Å². The summed E-state index contributed by atoms with van der Waals surface area (Å²) in [5.41, 5.74) is 7.90. The largest absolute Gasteiger partial charge is 0.330 e. The molecule has 0 fully saturated rings. The molecule has 0 saturated carbocycles. The normalized spacial score (nSPS) is 19.5. The number of ketones is 1. The lowest BCUT2D eigenvalue weighted by molar-refractivity contribution is -0.111. The van der Waals surface area contributed by atoms with Crippen LogP contribution in [0.25, 0.3) is 0 Å². The third-order valence-corrected chi connectivity index (χ3v) is 2.10. The highest BCUT2D eigenvalue weighted by atomic mass is 16.1. The van der Waals surface area contributed by atoms with E-state index in [-0.39, 0.29) is 5.78 Å². The van der Waals surface area contributed by atoms with E-state index < -0.39 is 0 Å². The van der Waals surface area contributed by atoms with Gasteiger partial charge in [0.25, 0.3) is 0 Å². The molecule has 2 N–H and O–H groups in total. The Hall–Kier alpha value is -1.48. The van der Waals surface area contributed by atoms with E-state index in [0.717, 1.165) is 23.3 Å². The number of carbonyl (C=O) groups is 1. The maximum Gasteiger partial charge on any atom is 0.188 e. The third-order valence-electron chi connectivity index (χ3n) is 2.10. The van der Waals surface area contributed by atoms with Crippen molar-refractivity contribution in [2.24, 2.45) is 10.7 Å². The molecule has 2 rings (SSSR count). The van der Waals surface area contributed by atoms with E-state index in [9.17, 15) is 4.79 Å². The van der Waals surface area contributed by atoms with Crippen LogP contribution in [0.5, 0.6) is 0 Å². The van der Waals surface area contributed by atoms with Crippen molar-refractivity contribution in [1.29, 1.82) is 0 Å². The number of allylic oxidation sites excluding steroid dienone is 4. The SMILES string of the molecule is NCCC1=C2C(=O)C=CC=C2N=C1. The number of carbonyl (C=O) groups excluding carboxylic acids is 1. The Morgan fingerprint density at radius 3 is 3.08 bits per heavy atom. The van der Waals surface area contributed by atoms with Gasteiger partial charge in [-0.25, -0.2) is 0 Å². The quantitative estimate of drug-likeness (QED) is 0.671. The Morgan fingerprint density at radius 2 is 2.31 bits per heavy atom. The Morgan fingerprint density at radius 1 is 1.46 bits per heavy atom. The Balaban J connectivity index is 2.41. The van der Waals surface area contributed by atoms with E-state index in [1.807, 2.05) is 6.08 Å². The fourth-order valence-corrected chi connectivity index (χ4v) is 1.51. The van der Waals surface area contributed by atoms with Gasteiger partial charge in [-0.05, 0) is 30.7 Å². The van der Waals surface area contributed by atoms with Crippen molar-refractivity contribution < 1.29 is 4.79 Å². The van der Waals surface area contributed by atoms with Crippen molar-refractivity contribution in [3.63, 3.8) is 0 Å². The van der Waals surface area contributed by atoms with E-state index in [1.165, 1.54) is 0 Å². The van der Waals surface area contributed by atoms with Gasteiger partial charge in [0.2, 0.25) is 0 Å². The zero-order chi connectivity index (χ0) is 9.26. The minimum Gasteiger partial charge on any atom is -0.330 e. The number of rotatable bonds is 2. The Labute approximate surface area is 76.3 Å². The maximum atomic E-state index is 11.5. The molecule has 3 nitrogen and oxygen atoms in total. The van der Waals surface area contributed by atoms with Crippen molar-refractivity contribution in [1.82, 2.24) is 0 Å². The summed E-state index contributed by atoms with van der Waals surface area (Å²) < 4.78 is 0. The minimum atomic E-state index is 0.0402. The molecule has 0 aromatic carbocycles. The summed E-state index contributed by atoms with van der Waals surface area (Å²) >= 11 is 0. The maximum absolute atomic E-state index is 11.5. The van der Waals surface area contributed by atoms with Crippen molar-refractivity contribution >= 4 is 12.0 Å². The highest BCUT2D eigenvalue weighted by Crippen LogP contribution is 2.27. The van der Waals surface area contributed by atoms with Gasteiger partial charge in [-0.3, -0.25) is 9.79 Å². The van der Waals surface area contributed by atoms with Crippen LogP contribution in [-0.4, -0.2) is 18.5 Å². The average molecular weight is 174 g/mol. The monoisotopic (exact) mass is 174 g/mol. The molecule has 0 radical (unpaired) electrons. The lowest BCUT2D eigenvalue weighted by Gasteiger charge is -2.05. The molecular weight excluding hydrogens is 164 g/mol. The fourth-order valence-electron chi connectivity index (χ4n) is 1.51. The topological polar surface area (TPSA) is 55.5 Å². The van der Waals surface area contributed by atoms with E-state index in [2.05, 4.69) is 4.99 Å². The van der Waals surface area contributed by atoms with Crippen LogP contribution >= 0.6 is 0 Å². The van der Waals surface area contributed by atoms with E-state index >= 15 is 0 Å². The van der Waals surface area contributed by atoms with Crippen LogP contribution in [0.1, 0.15) is 6.42 Å². The number of hydrogen-bond acceptors (Lipinski definition) is 3. The van der Waals surface area contributed by atoms with Gasteiger partial charge < -0.3 is 5.73 Å². The van der Waals surface area contributed by atoms with Gasteiger partial charge in [0.1, 0.15) is 0 Å². The average Bonchev–Trinajstić information content (AvgIpc) is 2.51. The second-order valence-electron chi connectivity index (χ2n) is 2.97. The van der Waals surface area contributed by atoms with Crippen LogP contribution in [0, 0.1) is 0 Å². The summed E-state index contributed by atoms with van der Waals surface area (Å²) in [6.07, 6.45) is 7.58. The first-order valence-corrected chi connectivity index (χ1v) is 4.23. The molecule has 1 aliphatic heterocycles. The molecule has 0 spiro atoms. The molecule has 2 aliphatic rings. The summed E-state index contributed by atoms with van der Waals surface area (Å²) in [6, 6.07) is 0. The summed E-state index contributed by atoms with van der Waals surface area (Å²) in [6.45, 7) is 0.551. The molecule has 66 valence electrons. The summed E-state index contributed by atoms with van der Waals surface area (Å²) in [5, 5.41) is 0. The molecule has 1 heterocycles. The van der Waals surface area contributed by atoms with Crippen LogP contribution in [0.3, 0.4) is 0 Å². The van der Waals surface area contributed by atoms with Crippen LogP contribution in [0.4, 0.5) is 0 Å². The zero-order valence-corrected chi connectivity index (χ0v) is 7.16. The van der Waals surface area contributed by atoms with Gasteiger partial charge in [-0.1, -0.05) is 6.08 Å². The molecule has 0 saturated heterocycles. The molecule has 0 amide bonds. The number of hydrogen-bond donors (Lipinski definition) is 1. The standard InChI is InChI=1S/C10H10N2O/c11-5-4-7-6-12-8-2-1-3-9(13)10(7)8/h1-3,6H,4-5,11H2. The summed E-state index contributed by atoms with van der Waals surface area (Å²) in [4.78, 5) is 15.6. The predicted molar refractivity (Wildman–Crippen MR) is 51.4 cm³/mol. The molecule has 0 aromatic rings. The van der Waals surface area contributed by atoms with Gasteiger partial charge >= 0.3 is 0 Å². The molecule has 0 bridgehead atoms. The summed E-state index contributed by atoms with van der Waals surface area (Å²) in [5.74, 6) is 0.0402. The smallest absolute Gasteiger partial charge is 0.188 e. The lowest BCUT2D eigenvalue weighted by Crippen LogP contribution is -2.07. The molecule has 1 aliphatic carbocycles. The highest BCUT2D eigenvalue weighted by Gasteiger charge is 2.21. The van der Waals surface area contributed by atoms with Crippen molar-refractivity contribution in [3.05, 3.63) is 35.1 Å². The molecule has 0 atom stereocenters. The Bertz CT molecular complexity index is 372.